The molecule has 1 amide bonds. The summed E-state index contributed by atoms with van der Waals surface area (Å²) >= 11 is 0. The molecule has 0 spiro atoms. The lowest BCUT2D eigenvalue weighted by Gasteiger charge is -2.31. The lowest BCUT2D eigenvalue weighted by atomic mass is 9.84. The first-order valence-electron chi connectivity index (χ1n) is 8.63. The normalized spacial score (nSPS) is 18.3. The first-order valence-corrected chi connectivity index (χ1v) is 8.63. The molecular formula is C19H30N2O2. The van der Waals surface area contributed by atoms with Crippen LogP contribution in [0.25, 0.3) is 0 Å². The molecule has 128 valence electrons. The minimum absolute atomic E-state index is 0.0774. The second-order valence-corrected chi connectivity index (χ2v) is 6.72. The molecule has 0 radical (unpaired) electrons. The number of carbonyl (C=O) groups is 1. The fourth-order valence-corrected chi connectivity index (χ4v) is 3.32. The standard InChI is InChI=1S/C19H30N2O2/c1-14(16-9-11-20-12-10-16)13-19(22)21(3)15(2)17-5-7-18(23-4)8-6-17/h5-8,14-16,20H,9-13H2,1-4H3. The Morgan fingerprint density at radius 1 is 1.26 bits per heavy atom. The van der Waals surface area contributed by atoms with E-state index in [1.54, 1.807) is 7.11 Å². The Bertz CT molecular complexity index is 495. The fourth-order valence-electron chi connectivity index (χ4n) is 3.32. The number of rotatable bonds is 6. The molecule has 1 fully saturated rings. The Kier molecular flexibility index (Phi) is 6.46. The van der Waals surface area contributed by atoms with E-state index in [0.29, 0.717) is 18.3 Å². The molecule has 1 aliphatic rings. The van der Waals surface area contributed by atoms with Crippen LogP contribution >= 0.6 is 0 Å². The zero-order valence-corrected chi connectivity index (χ0v) is 14.8. The Morgan fingerprint density at radius 3 is 2.43 bits per heavy atom. The van der Waals surface area contributed by atoms with Crippen LogP contribution in [0.2, 0.25) is 0 Å². The molecule has 2 atom stereocenters. The Hall–Kier alpha value is -1.55. The third-order valence-corrected chi connectivity index (χ3v) is 5.26. The topological polar surface area (TPSA) is 41.6 Å². The highest BCUT2D eigenvalue weighted by atomic mass is 16.5. The molecule has 0 bridgehead atoms. The lowest BCUT2D eigenvalue weighted by molar-refractivity contribution is -0.133. The second-order valence-electron chi connectivity index (χ2n) is 6.72. The minimum atomic E-state index is 0.0774. The van der Waals surface area contributed by atoms with Crippen molar-refractivity contribution < 1.29 is 9.53 Å². The molecule has 2 rings (SSSR count). The van der Waals surface area contributed by atoms with Gasteiger partial charge in [-0.25, -0.2) is 0 Å². The first-order chi connectivity index (χ1) is 11.0. The van der Waals surface area contributed by atoms with Gasteiger partial charge in [0.05, 0.1) is 13.2 Å². The maximum Gasteiger partial charge on any atom is 0.223 e. The maximum absolute atomic E-state index is 12.6. The molecule has 1 aliphatic heterocycles. The molecule has 1 aromatic carbocycles. The van der Waals surface area contributed by atoms with Crippen molar-refractivity contribution in [2.45, 2.75) is 39.2 Å². The van der Waals surface area contributed by atoms with E-state index in [0.717, 1.165) is 24.4 Å². The highest BCUT2D eigenvalue weighted by Gasteiger charge is 2.25. The van der Waals surface area contributed by atoms with Gasteiger partial charge in [0.2, 0.25) is 5.91 Å². The molecule has 2 unspecified atom stereocenters. The van der Waals surface area contributed by atoms with Crippen LogP contribution in [-0.2, 0) is 4.79 Å². The first kappa shape index (κ1) is 17.8. The predicted octanol–water partition coefficient (Wildman–Crippen LogP) is 3.24. The van der Waals surface area contributed by atoms with Crippen molar-refractivity contribution in [2.75, 3.05) is 27.2 Å². The summed E-state index contributed by atoms with van der Waals surface area (Å²) in [5.41, 5.74) is 1.14. The fraction of sp³-hybridized carbons (Fsp3) is 0.632. The summed E-state index contributed by atoms with van der Waals surface area (Å²) in [6, 6.07) is 8.03. The minimum Gasteiger partial charge on any atom is -0.497 e. The summed E-state index contributed by atoms with van der Waals surface area (Å²) in [5, 5.41) is 3.39. The van der Waals surface area contributed by atoms with Crippen molar-refractivity contribution >= 4 is 5.91 Å². The van der Waals surface area contributed by atoms with Crippen LogP contribution in [0, 0.1) is 11.8 Å². The third kappa shape index (κ3) is 4.71. The summed E-state index contributed by atoms with van der Waals surface area (Å²) in [6.45, 7) is 6.47. The number of ether oxygens (including phenoxy) is 1. The van der Waals surface area contributed by atoms with Crippen molar-refractivity contribution in [1.82, 2.24) is 10.2 Å². The van der Waals surface area contributed by atoms with Crippen molar-refractivity contribution in [3.63, 3.8) is 0 Å². The summed E-state index contributed by atoms with van der Waals surface area (Å²) in [6.07, 6.45) is 3.01. The number of carbonyl (C=O) groups excluding carboxylic acids is 1. The van der Waals surface area contributed by atoms with Crippen LogP contribution in [0.4, 0.5) is 0 Å². The van der Waals surface area contributed by atoms with Gasteiger partial charge in [0.25, 0.3) is 0 Å². The summed E-state index contributed by atoms with van der Waals surface area (Å²) < 4.78 is 5.19. The monoisotopic (exact) mass is 318 g/mol. The summed E-state index contributed by atoms with van der Waals surface area (Å²) in [7, 11) is 3.57. The molecule has 0 saturated carbocycles. The number of methoxy groups -OCH3 is 1. The molecule has 1 N–H and O–H groups in total. The highest BCUT2D eigenvalue weighted by Crippen LogP contribution is 2.27. The number of hydrogen-bond donors (Lipinski definition) is 1. The SMILES string of the molecule is COc1ccc(C(C)N(C)C(=O)CC(C)C2CCNCC2)cc1. The van der Waals surface area contributed by atoms with E-state index < -0.39 is 0 Å². The Balaban J connectivity index is 1.91. The van der Waals surface area contributed by atoms with Gasteiger partial charge >= 0.3 is 0 Å². The van der Waals surface area contributed by atoms with Crippen LogP contribution in [0.15, 0.2) is 24.3 Å². The molecule has 1 saturated heterocycles. The van der Waals surface area contributed by atoms with E-state index >= 15 is 0 Å². The zero-order valence-electron chi connectivity index (χ0n) is 14.8. The third-order valence-electron chi connectivity index (χ3n) is 5.26. The summed E-state index contributed by atoms with van der Waals surface area (Å²) in [5.74, 6) is 2.20. The molecule has 0 aromatic heterocycles. The van der Waals surface area contributed by atoms with Crippen LogP contribution in [0.5, 0.6) is 5.75 Å². The van der Waals surface area contributed by atoms with Gasteiger partial charge < -0.3 is 15.0 Å². The number of hydrogen-bond acceptors (Lipinski definition) is 3. The molecule has 0 aliphatic carbocycles. The summed E-state index contributed by atoms with van der Waals surface area (Å²) in [4.78, 5) is 14.5. The van der Waals surface area contributed by atoms with E-state index in [9.17, 15) is 4.79 Å². The van der Waals surface area contributed by atoms with Crippen LogP contribution in [-0.4, -0.2) is 38.1 Å². The van der Waals surface area contributed by atoms with Gasteiger partial charge in [-0.2, -0.15) is 0 Å². The Labute approximate surface area is 140 Å². The van der Waals surface area contributed by atoms with Crippen LogP contribution in [0.1, 0.15) is 44.7 Å². The molecule has 1 aromatic rings. The van der Waals surface area contributed by atoms with E-state index in [2.05, 4.69) is 19.2 Å². The number of benzene rings is 1. The molecule has 1 heterocycles. The van der Waals surface area contributed by atoms with Crippen molar-refractivity contribution in [3.8, 4) is 5.75 Å². The van der Waals surface area contributed by atoms with E-state index in [1.807, 2.05) is 36.2 Å². The van der Waals surface area contributed by atoms with Gasteiger partial charge in [-0.15, -0.1) is 0 Å². The molecule has 4 heteroatoms. The van der Waals surface area contributed by atoms with Gasteiger partial charge in [-0.3, -0.25) is 4.79 Å². The highest BCUT2D eigenvalue weighted by molar-refractivity contribution is 5.76. The average molecular weight is 318 g/mol. The van der Waals surface area contributed by atoms with Gasteiger partial charge in [0.1, 0.15) is 5.75 Å². The molecule has 23 heavy (non-hydrogen) atoms. The van der Waals surface area contributed by atoms with Gasteiger partial charge in [0.15, 0.2) is 0 Å². The predicted molar refractivity (Wildman–Crippen MR) is 93.6 cm³/mol. The van der Waals surface area contributed by atoms with E-state index in [-0.39, 0.29) is 11.9 Å². The zero-order chi connectivity index (χ0) is 16.8. The van der Waals surface area contributed by atoms with Gasteiger partial charge in [-0.05, 0) is 62.4 Å². The van der Waals surface area contributed by atoms with E-state index in [4.69, 9.17) is 4.74 Å². The Morgan fingerprint density at radius 2 is 1.87 bits per heavy atom. The van der Waals surface area contributed by atoms with Crippen LogP contribution < -0.4 is 10.1 Å². The number of amides is 1. The molecular weight excluding hydrogens is 288 g/mol. The smallest absolute Gasteiger partial charge is 0.223 e. The van der Waals surface area contributed by atoms with Crippen LogP contribution in [0.3, 0.4) is 0 Å². The number of nitrogens with zero attached hydrogens (tertiary/aromatic N) is 1. The lowest BCUT2D eigenvalue weighted by Crippen LogP contribution is -2.35. The largest absolute Gasteiger partial charge is 0.497 e. The van der Waals surface area contributed by atoms with Crippen molar-refractivity contribution in [1.29, 1.82) is 0 Å². The van der Waals surface area contributed by atoms with Crippen molar-refractivity contribution in [2.24, 2.45) is 11.8 Å². The quantitative estimate of drug-likeness (QED) is 0.875. The van der Waals surface area contributed by atoms with Gasteiger partial charge in [-0.1, -0.05) is 19.1 Å². The van der Waals surface area contributed by atoms with Crippen molar-refractivity contribution in [3.05, 3.63) is 29.8 Å². The second kappa shape index (κ2) is 8.34. The van der Waals surface area contributed by atoms with Gasteiger partial charge in [0, 0.05) is 13.5 Å². The number of piperidine rings is 1. The molecule has 4 nitrogen and oxygen atoms in total. The maximum atomic E-state index is 12.6. The van der Waals surface area contributed by atoms with E-state index in [1.165, 1.54) is 12.8 Å². The average Bonchev–Trinajstić information content (AvgIpc) is 2.61. The number of nitrogens with one attached hydrogen (secondary N) is 1.